The standard InChI is InChI=1S/C15H27N3/c1-7-10-16-14(9-8-11(2)3)15-12(4)17-18(6)13(15)5/h14,16H,2,7-10H2,1,3-6H3. The van der Waals surface area contributed by atoms with Gasteiger partial charge in [-0.05, 0) is 46.6 Å². The van der Waals surface area contributed by atoms with E-state index in [4.69, 9.17) is 0 Å². The zero-order valence-electron chi connectivity index (χ0n) is 12.5. The van der Waals surface area contributed by atoms with Gasteiger partial charge < -0.3 is 5.32 Å². The number of hydrogen-bond acceptors (Lipinski definition) is 2. The fraction of sp³-hybridized carbons (Fsp3) is 0.667. The van der Waals surface area contributed by atoms with Crippen molar-refractivity contribution in [3.63, 3.8) is 0 Å². The highest BCUT2D eigenvalue weighted by atomic mass is 15.3. The molecule has 3 nitrogen and oxygen atoms in total. The summed E-state index contributed by atoms with van der Waals surface area (Å²) in [7, 11) is 2.02. The van der Waals surface area contributed by atoms with E-state index in [0.717, 1.165) is 31.5 Å². The van der Waals surface area contributed by atoms with Gasteiger partial charge in [0.25, 0.3) is 0 Å². The number of rotatable bonds is 7. The second-order valence-corrected chi connectivity index (χ2v) is 5.21. The number of aryl methyl sites for hydroxylation is 2. The number of nitrogens with one attached hydrogen (secondary N) is 1. The molecule has 0 bridgehead atoms. The SMILES string of the molecule is C=C(C)CCC(NCCC)c1c(C)nn(C)c1C. The van der Waals surface area contributed by atoms with Gasteiger partial charge >= 0.3 is 0 Å². The molecule has 0 spiro atoms. The second-order valence-electron chi connectivity index (χ2n) is 5.21. The quantitative estimate of drug-likeness (QED) is 0.750. The lowest BCUT2D eigenvalue weighted by Gasteiger charge is -2.19. The van der Waals surface area contributed by atoms with Crippen molar-refractivity contribution in [2.24, 2.45) is 7.05 Å². The average Bonchev–Trinajstić information content (AvgIpc) is 2.54. The van der Waals surface area contributed by atoms with E-state index >= 15 is 0 Å². The van der Waals surface area contributed by atoms with Crippen molar-refractivity contribution < 1.29 is 0 Å². The summed E-state index contributed by atoms with van der Waals surface area (Å²) in [5.74, 6) is 0. The molecule has 1 aromatic heterocycles. The number of hydrogen-bond donors (Lipinski definition) is 1. The summed E-state index contributed by atoms with van der Waals surface area (Å²) in [6.07, 6.45) is 3.32. The van der Waals surface area contributed by atoms with E-state index in [1.165, 1.54) is 16.8 Å². The zero-order chi connectivity index (χ0) is 13.7. The van der Waals surface area contributed by atoms with E-state index in [1.807, 2.05) is 11.7 Å². The van der Waals surface area contributed by atoms with Crippen LogP contribution in [0.5, 0.6) is 0 Å². The Morgan fingerprint density at radius 1 is 1.44 bits per heavy atom. The van der Waals surface area contributed by atoms with E-state index in [2.05, 4.69) is 44.7 Å². The monoisotopic (exact) mass is 249 g/mol. The van der Waals surface area contributed by atoms with Crippen LogP contribution in [-0.4, -0.2) is 16.3 Å². The Morgan fingerprint density at radius 3 is 2.56 bits per heavy atom. The van der Waals surface area contributed by atoms with Crippen molar-refractivity contribution in [1.29, 1.82) is 0 Å². The van der Waals surface area contributed by atoms with Gasteiger partial charge in [-0.2, -0.15) is 5.10 Å². The van der Waals surface area contributed by atoms with E-state index in [0.29, 0.717) is 6.04 Å². The minimum absolute atomic E-state index is 0.398. The molecule has 0 saturated heterocycles. The minimum Gasteiger partial charge on any atom is -0.310 e. The van der Waals surface area contributed by atoms with E-state index < -0.39 is 0 Å². The molecule has 0 aliphatic rings. The third-order valence-electron chi connectivity index (χ3n) is 3.41. The van der Waals surface area contributed by atoms with E-state index in [-0.39, 0.29) is 0 Å². The number of allylic oxidation sites excluding steroid dienone is 1. The fourth-order valence-electron chi connectivity index (χ4n) is 2.35. The van der Waals surface area contributed by atoms with Gasteiger partial charge in [0, 0.05) is 24.3 Å². The van der Waals surface area contributed by atoms with Crippen LogP contribution in [0.25, 0.3) is 0 Å². The van der Waals surface area contributed by atoms with Crippen LogP contribution >= 0.6 is 0 Å². The summed E-state index contributed by atoms with van der Waals surface area (Å²) in [5, 5.41) is 8.16. The maximum Gasteiger partial charge on any atom is 0.0644 e. The number of aromatic nitrogens is 2. The van der Waals surface area contributed by atoms with Gasteiger partial charge in [0.2, 0.25) is 0 Å². The molecule has 1 aromatic rings. The first-order valence-electron chi connectivity index (χ1n) is 6.85. The largest absolute Gasteiger partial charge is 0.310 e. The summed E-state index contributed by atoms with van der Waals surface area (Å²) in [6, 6.07) is 0.398. The van der Waals surface area contributed by atoms with Gasteiger partial charge in [-0.25, -0.2) is 0 Å². The average molecular weight is 249 g/mol. The molecule has 1 atom stereocenters. The minimum atomic E-state index is 0.398. The Balaban J connectivity index is 2.89. The molecule has 102 valence electrons. The van der Waals surface area contributed by atoms with Gasteiger partial charge in [0.05, 0.1) is 5.69 Å². The molecule has 0 fully saturated rings. The molecule has 18 heavy (non-hydrogen) atoms. The summed E-state index contributed by atoms with van der Waals surface area (Å²) < 4.78 is 1.98. The molecule has 0 radical (unpaired) electrons. The lowest BCUT2D eigenvalue weighted by molar-refractivity contribution is 0.494. The maximum absolute atomic E-state index is 4.52. The molecule has 1 unspecified atom stereocenters. The zero-order valence-corrected chi connectivity index (χ0v) is 12.5. The van der Waals surface area contributed by atoms with Crippen LogP contribution in [0.4, 0.5) is 0 Å². The molecule has 0 aliphatic heterocycles. The third-order valence-corrected chi connectivity index (χ3v) is 3.41. The van der Waals surface area contributed by atoms with Gasteiger partial charge in [-0.15, -0.1) is 6.58 Å². The van der Waals surface area contributed by atoms with Gasteiger partial charge in [0.1, 0.15) is 0 Å². The van der Waals surface area contributed by atoms with Gasteiger partial charge in [-0.3, -0.25) is 4.68 Å². The topological polar surface area (TPSA) is 29.9 Å². The first-order chi connectivity index (χ1) is 8.47. The first kappa shape index (κ1) is 15.0. The van der Waals surface area contributed by atoms with Crippen molar-refractivity contribution in [1.82, 2.24) is 15.1 Å². The Hall–Kier alpha value is -1.09. The van der Waals surface area contributed by atoms with Crippen LogP contribution in [0.2, 0.25) is 0 Å². The molecule has 1 N–H and O–H groups in total. The Kier molecular flexibility index (Phi) is 5.60. The molecule has 0 aliphatic carbocycles. The van der Waals surface area contributed by atoms with Crippen molar-refractivity contribution in [2.45, 2.75) is 53.0 Å². The van der Waals surface area contributed by atoms with Crippen LogP contribution in [0.15, 0.2) is 12.2 Å². The van der Waals surface area contributed by atoms with Crippen LogP contribution in [-0.2, 0) is 7.05 Å². The van der Waals surface area contributed by atoms with E-state index in [9.17, 15) is 0 Å². The van der Waals surface area contributed by atoms with E-state index in [1.54, 1.807) is 0 Å². The van der Waals surface area contributed by atoms with Gasteiger partial charge in [0.15, 0.2) is 0 Å². The predicted octanol–water partition coefficient (Wildman–Crippen LogP) is 3.43. The van der Waals surface area contributed by atoms with Crippen molar-refractivity contribution in [2.75, 3.05) is 6.54 Å². The summed E-state index contributed by atoms with van der Waals surface area (Å²) in [4.78, 5) is 0. The lowest BCUT2D eigenvalue weighted by Crippen LogP contribution is -2.23. The summed E-state index contributed by atoms with van der Waals surface area (Å²) in [6.45, 7) is 13.6. The highest BCUT2D eigenvalue weighted by Gasteiger charge is 2.19. The molecule has 3 heteroatoms. The van der Waals surface area contributed by atoms with Gasteiger partial charge in [-0.1, -0.05) is 12.5 Å². The molecule has 0 saturated carbocycles. The van der Waals surface area contributed by atoms with Crippen LogP contribution in [0, 0.1) is 13.8 Å². The molecular weight excluding hydrogens is 222 g/mol. The van der Waals surface area contributed by atoms with Crippen LogP contribution < -0.4 is 5.32 Å². The molecule has 1 rings (SSSR count). The normalized spacial score (nSPS) is 12.7. The fourth-order valence-corrected chi connectivity index (χ4v) is 2.35. The van der Waals surface area contributed by atoms with Crippen molar-refractivity contribution in [3.05, 3.63) is 29.1 Å². The smallest absolute Gasteiger partial charge is 0.0644 e. The maximum atomic E-state index is 4.52. The molecule has 0 aromatic carbocycles. The van der Waals surface area contributed by atoms with Crippen LogP contribution in [0.1, 0.15) is 56.1 Å². The highest BCUT2D eigenvalue weighted by Crippen LogP contribution is 2.26. The highest BCUT2D eigenvalue weighted by molar-refractivity contribution is 5.28. The molecule has 0 amide bonds. The Morgan fingerprint density at radius 2 is 2.11 bits per heavy atom. The Bertz CT molecular complexity index is 404. The summed E-state index contributed by atoms with van der Waals surface area (Å²) >= 11 is 0. The Labute approximate surface area is 111 Å². The third kappa shape index (κ3) is 3.70. The molecular formula is C15H27N3. The predicted molar refractivity (Wildman–Crippen MR) is 77.8 cm³/mol. The molecule has 1 heterocycles. The van der Waals surface area contributed by atoms with Crippen LogP contribution in [0.3, 0.4) is 0 Å². The van der Waals surface area contributed by atoms with Crippen molar-refractivity contribution >= 4 is 0 Å². The first-order valence-corrected chi connectivity index (χ1v) is 6.85. The van der Waals surface area contributed by atoms with Crippen molar-refractivity contribution in [3.8, 4) is 0 Å². The second kappa shape index (κ2) is 6.74. The summed E-state index contributed by atoms with van der Waals surface area (Å²) in [5.41, 5.74) is 5.03. The lowest BCUT2D eigenvalue weighted by atomic mass is 9.98. The number of nitrogens with zero attached hydrogens (tertiary/aromatic N) is 2.